The number of ketones is 1. The normalized spacial score (nSPS) is 38.3. The molecule has 36 heavy (non-hydrogen) atoms. The van der Waals surface area contributed by atoms with E-state index in [9.17, 15) is 14.7 Å². The molecule has 0 aliphatic heterocycles. The molecule has 0 aromatic carbocycles. The van der Waals surface area contributed by atoms with Crippen LogP contribution < -0.4 is 0 Å². The Morgan fingerprint density at radius 3 is 2.36 bits per heavy atom. The van der Waals surface area contributed by atoms with Crippen molar-refractivity contribution in [1.82, 2.24) is 0 Å². The van der Waals surface area contributed by atoms with Crippen molar-refractivity contribution in [3.05, 3.63) is 46.3 Å². The highest BCUT2D eigenvalue weighted by molar-refractivity contribution is 6.06. The van der Waals surface area contributed by atoms with Crippen molar-refractivity contribution in [2.75, 3.05) is 6.61 Å². The summed E-state index contributed by atoms with van der Waals surface area (Å²) in [4.78, 5) is 25.7. The summed E-state index contributed by atoms with van der Waals surface area (Å²) in [6.45, 7) is 20.2. The summed E-state index contributed by atoms with van der Waals surface area (Å²) in [6, 6.07) is 0. The zero-order chi connectivity index (χ0) is 26.9. The fraction of sp³-hybridized carbons (Fsp3) is 0.688. The van der Waals surface area contributed by atoms with Gasteiger partial charge in [-0.15, -0.1) is 0 Å². The van der Waals surface area contributed by atoms with Crippen LogP contribution in [0.1, 0.15) is 101 Å². The number of carbonyl (C=O) groups is 2. The van der Waals surface area contributed by atoms with Gasteiger partial charge in [-0.3, -0.25) is 9.59 Å². The molecule has 198 valence electrons. The zero-order valence-corrected chi connectivity index (χ0v) is 23.9. The maximum absolute atomic E-state index is 13.0. The Hall–Kier alpha value is -2.10. The highest BCUT2D eigenvalue weighted by Crippen LogP contribution is 2.74. The van der Waals surface area contributed by atoms with Crippen LogP contribution in [0.4, 0.5) is 0 Å². The highest BCUT2D eigenvalue weighted by Gasteiger charge is 2.65. The van der Waals surface area contributed by atoms with E-state index in [0.29, 0.717) is 18.1 Å². The van der Waals surface area contributed by atoms with E-state index in [1.165, 1.54) is 5.57 Å². The number of carbonyl (C=O) groups excluding carboxylic acids is 2. The molecule has 0 amide bonds. The number of esters is 1. The zero-order valence-electron chi connectivity index (χ0n) is 23.9. The molecule has 1 N–H and O–H groups in total. The van der Waals surface area contributed by atoms with Crippen molar-refractivity contribution in [1.29, 1.82) is 0 Å². The first kappa shape index (κ1) is 26.9. The number of hydrogen-bond donors (Lipinski definition) is 1. The van der Waals surface area contributed by atoms with Crippen molar-refractivity contribution in [2.24, 2.45) is 33.0 Å². The van der Waals surface area contributed by atoms with Crippen molar-refractivity contribution in [3.8, 4) is 0 Å². The predicted octanol–water partition coefficient (Wildman–Crippen LogP) is 7.81. The van der Waals surface area contributed by atoms with Gasteiger partial charge in [0.15, 0.2) is 5.76 Å². The first-order chi connectivity index (χ1) is 16.6. The highest BCUT2D eigenvalue weighted by atomic mass is 16.5. The van der Waals surface area contributed by atoms with Crippen LogP contribution in [0.2, 0.25) is 0 Å². The van der Waals surface area contributed by atoms with E-state index in [0.717, 1.165) is 49.7 Å². The third-order valence-corrected chi connectivity index (χ3v) is 11.3. The SMILES string of the molecule is CCOC(=O)C(C)(C)C[C@@H]1[C@](C)(CC)CC[C@]2(C)C3=CC=C4C(=CC(=O)C(O)=C4C)[C@]3(C)CC[C@@]12C. The lowest BCUT2D eigenvalue weighted by Gasteiger charge is -2.68. The number of allylic oxidation sites excluding steroid dienone is 7. The van der Waals surface area contributed by atoms with E-state index in [1.807, 2.05) is 13.8 Å². The topological polar surface area (TPSA) is 63.6 Å². The third kappa shape index (κ3) is 3.53. The number of rotatable bonds is 5. The van der Waals surface area contributed by atoms with Crippen LogP contribution in [-0.4, -0.2) is 23.5 Å². The van der Waals surface area contributed by atoms with E-state index >= 15 is 0 Å². The molecule has 5 atom stereocenters. The number of ether oxygens (including phenoxy) is 1. The van der Waals surface area contributed by atoms with Gasteiger partial charge in [-0.25, -0.2) is 0 Å². The minimum Gasteiger partial charge on any atom is -0.504 e. The Labute approximate surface area is 218 Å². The fourth-order valence-corrected chi connectivity index (χ4v) is 8.39. The lowest BCUT2D eigenvalue weighted by atomic mass is 9.36. The molecule has 0 radical (unpaired) electrons. The molecule has 0 aromatic rings. The van der Waals surface area contributed by atoms with Gasteiger partial charge in [-0.05, 0) is 99.2 Å². The second-order valence-corrected chi connectivity index (χ2v) is 13.5. The first-order valence-electron chi connectivity index (χ1n) is 13.9. The largest absolute Gasteiger partial charge is 0.504 e. The standard InChI is InChI=1S/C32H46O4/c1-10-29(6)14-16-31(8)24-13-12-21-20(3)26(34)23(33)18-22(21)30(24,7)15-17-32(31,9)25(29)19-28(4,5)27(35)36-11-2/h12-13,18,25,34H,10-11,14-17,19H2,1-9H3/t25-,29-,30+,31-,32+/m1/s1. The van der Waals surface area contributed by atoms with Gasteiger partial charge in [0.1, 0.15) is 0 Å². The van der Waals surface area contributed by atoms with E-state index in [2.05, 4.69) is 60.6 Å². The van der Waals surface area contributed by atoms with Crippen molar-refractivity contribution in [2.45, 2.75) is 101 Å². The molecule has 4 rings (SSSR count). The molecule has 4 aliphatic carbocycles. The van der Waals surface area contributed by atoms with Gasteiger partial charge >= 0.3 is 5.97 Å². The summed E-state index contributed by atoms with van der Waals surface area (Å²) in [5, 5.41) is 10.3. The molecule has 4 aliphatic rings. The van der Waals surface area contributed by atoms with Crippen LogP contribution in [0.15, 0.2) is 46.3 Å². The maximum atomic E-state index is 13.0. The minimum absolute atomic E-state index is 0.00270. The molecule has 0 bridgehead atoms. The Kier molecular flexibility index (Phi) is 6.33. The summed E-state index contributed by atoms with van der Waals surface area (Å²) >= 11 is 0. The molecule has 0 saturated heterocycles. The fourth-order valence-electron chi connectivity index (χ4n) is 8.39. The van der Waals surface area contributed by atoms with Crippen LogP contribution in [0.5, 0.6) is 0 Å². The number of aliphatic hydroxyl groups is 1. The molecular weight excluding hydrogens is 448 g/mol. The van der Waals surface area contributed by atoms with E-state index in [1.54, 1.807) is 6.08 Å². The van der Waals surface area contributed by atoms with Crippen LogP contribution in [-0.2, 0) is 14.3 Å². The summed E-state index contributed by atoms with van der Waals surface area (Å²) in [5.41, 5.74) is 3.46. The number of fused-ring (bicyclic) bond motifs is 5. The van der Waals surface area contributed by atoms with Gasteiger partial charge in [-0.2, -0.15) is 0 Å². The molecule has 0 heterocycles. The molecule has 2 saturated carbocycles. The Morgan fingerprint density at radius 2 is 1.75 bits per heavy atom. The molecule has 4 nitrogen and oxygen atoms in total. The second-order valence-electron chi connectivity index (χ2n) is 13.5. The second kappa shape index (κ2) is 8.46. The molecule has 0 aromatic heterocycles. The van der Waals surface area contributed by atoms with Gasteiger partial charge in [0.25, 0.3) is 0 Å². The summed E-state index contributed by atoms with van der Waals surface area (Å²) in [7, 11) is 0. The Bertz CT molecular complexity index is 1120. The van der Waals surface area contributed by atoms with E-state index in [-0.39, 0.29) is 39.2 Å². The Balaban J connectivity index is 1.84. The monoisotopic (exact) mass is 494 g/mol. The molecule has 4 heteroatoms. The van der Waals surface area contributed by atoms with Gasteiger partial charge in [0.05, 0.1) is 12.0 Å². The lowest BCUT2D eigenvalue weighted by molar-refractivity contribution is -0.165. The van der Waals surface area contributed by atoms with Gasteiger partial charge in [0, 0.05) is 11.0 Å². The quantitative estimate of drug-likeness (QED) is 0.396. The maximum Gasteiger partial charge on any atom is 0.311 e. The van der Waals surface area contributed by atoms with Crippen LogP contribution >= 0.6 is 0 Å². The molecular formula is C32H46O4. The molecule has 0 spiro atoms. The van der Waals surface area contributed by atoms with Gasteiger partial charge < -0.3 is 9.84 Å². The van der Waals surface area contributed by atoms with Crippen LogP contribution in [0, 0.1) is 33.0 Å². The van der Waals surface area contributed by atoms with Crippen molar-refractivity contribution >= 4 is 11.8 Å². The Morgan fingerprint density at radius 1 is 1.08 bits per heavy atom. The third-order valence-electron chi connectivity index (χ3n) is 11.3. The van der Waals surface area contributed by atoms with Crippen molar-refractivity contribution < 1.29 is 19.4 Å². The average molecular weight is 495 g/mol. The van der Waals surface area contributed by atoms with Gasteiger partial charge in [0.2, 0.25) is 5.78 Å². The van der Waals surface area contributed by atoms with Crippen molar-refractivity contribution in [3.63, 3.8) is 0 Å². The molecule has 2 fully saturated rings. The number of hydrogen-bond acceptors (Lipinski definition) is 4. The smallest absolute Gasteiger partial charge is 0.311 e. The lowest BCUT2D eigenvalue weighted by Crippen LogP contribution is -2.60. The van der Waals surface area contributed by atoms with E-state index in [4.69, 9.17) is 4.74 Å². The first-order valence-corrected chi connectivity index (χ1v) is 13.9. The molecule has 0 unspecified atom stereocenters. The van der Waals surface area contributed by atoms with Gasteiger partial charge in [-0.1, -0.05) is 58.8 Å². The van der Waals surface area contributed by atoms with Crippen LogP contribution in [0.3, 0.4) is 0 Å². The average Bonchev–Trinajstić information content (AvgIpc) is 2.82. The summed E-state index contributed by atoms with van der Waals surface area (Å²) in [6.07, 6.45) is 12.2. The number of aliphatic hydroxyl groups excluding tert-OH is 1. The van der Waals surface area contributed by atoms with Crippen LogP contribution in [0.25, 0.3) is 0 Å². The summed E-state index contributed by atoms with van der Waals surface area (Å²) in [5.74, 6) is -0.152. The minimum atomic E-state index is -0.551. The predicted molar refractivity (Wildman–Crippen MR) is 144 cm³/mol. The summed E-state index contributed by atoms with van der Waals surface area (Å²) < 4.78 is 5.51. The van der Waals surface area contributed by atoms with E-state index < -0.39 is 5.41 Å².